The molecule has 0 saturated heterocycles. The van der Waals surface area contributed by atoms with Gasteiger partial charge in [-0.1, -0.05) is 12.1 Å². The Balaban J connectivity index is 1.97. The van der Waals surface area contributed by atoms with Crippen molar-refractivity contribution in [3.63, 3.8) is 0 Å². The van der Waals surface area contributed by atoms with E-state index >= 15 is 0 Å². The van der Waals surface area contributed by atoms with Gasteiger partial charge in [-0.2, -0.15) is 0 Å². The lowest BCUT2D eigenvalue weighted by Gasteiger charge is -2.14. The molecule has 0 aliphatic carbocycles. The molecule has 0 unspecified atom stereocenters. The van der Waals surface area contributed by atoms with Crippen molar-refractivity contribution < 1.29 is 0 Å². The molecule has 2 nitrogen and oxygen atoms in total. The Labute approximate surface area is 124 Å². The third-order valence-electron chi connectivity index (χ3n) is 2.78. The first-order valence-corrected chi connectivity index (χ1v) is 7.32. The van der Waals surface area contributed by atoms with E-state index < -0.39 is 0 Å². The van der Waals surface area contributed by atoms with Crippen molar-refractivity contribution in [2.75, 3.05) is 0 Å². The van der Waals surface area contributed by atoms with E-state index in [1.807, 2.05) is 12.3 Å². The molecule has 0 radical (unpaired) electrons. The fraction of sp³-hybridized carbons (Fsp3) is 0.214. The van der Waals surface area contributed by atoms with Gasteiger partial charge in [0.05, 0.1) is 0 Å². The zero-order valence-corrected chi connectivity index (χ0v) is 13.2. The molecule has 1 atom stereocenters. The summed E-state index contributed by atoms with van der Waals surface area (Å²) >= 11 is 6.98. The highest BCUT2D eigenvalue weighted by atomic mass is 79.9. The third kappa shape index (κ3) is 3.64. The molecule has 0 fully saturated rings. The molecule has 1 aromatic heterocycles. The molecule has 1 N–H and O–H groups in total. The number of halogens is 2. The van der Waals surface area contributed by atoms with Gasteiger partial charge in [0.2, 0.25) is 0 Å². The van der Waals surface area contributed by atoms with Gasteiger partial charge in [0.25, 0.3) is 0 Å². The standard InChI is InChI=1S/C14H14Br2N2/c1-10(12-3-2-6-17-9-12)18-8-11-4-5-13(15)14(16)7-11/h2-7,9-10,18H,8H2,1H3/t10-/m1/s1. The van der Waals surface area contributed by atoms with E-state index in [1.54, 1.807) is 6.20 Å². The number of benzene rings is 1. The summed E-state index contributed by atoms with van der Waals surface area (Å²) in [6.07, 6.45) is 3.69. The minimum absolute atomic E-state index is 0.293. The molecule has 1 aromatic carbocycles. The summed E-state index contributed by atoms with van der Waals surface area (Å²) in [6.45, 7) is 2.98. The predicted molar refractivity (Wildman–Crippen MR) is 81.3 cm³/mol. The van der Waals surface area contributed by atoms with Gasteiger partial charge in [0, 0.05) is 33.9 Å². The molecule has 0 spiro atoms. The first kappa shape index (κ1) is 13.7. The zero-order chi connectivity index (χ0) is 13.0. The lowest BCUT2D eigenvalue weighted by atomic mass is 10.1. The Morgan fingerprint density at radius 1 is 1.22 bits per heavy atom. The summed E-state index contributed by atoms with van der Waals surface area (Å²) in [4.78, 5) is 4.13. The van der Waals surface area contributed by atoms with E-state index in [9.17, 15) is 0 Å². The second-order valence-electron chi connectivity index (χ2n) is 4.14. The summed E-state index contributed by atoms with van der Waals surface area (Å²) in [5.41, 5.74) is 2.45. The van der Waals surface area contributed by atoms with Crippen molar-refractivity contribution in [3.05, 3.63) is 62.8 Å². The number of nitrogens with zero attached hydrogens (tertiary/aromatic N) is 1. The lowest BCUT2D eigenvalue weighted by Crippen LogP contribution is -2.18. The maximum absolute atomic E-state index is 4.13. The van der Waals surface area contributed by atoms with Crippen LogP contribution in [0.4, 0.5) is 0 Å². The normalized spacial score (nSPS) is 12.4. The maximum Gasteiger partial charge on any atom is 0.0320 e. The highest BCUT2D eigenvalue weighted by Gasteiger charge is 2.05. The molecule has 0 aliphatic heterocycles. The predicted octanol–water partition coefficient (Wildman–Crippen LogP) is 4.46. The van der Waals surface area contributed by atoms with Crippen molar-refractivity contribution in [1.82, 2.24) is 10.3 Å². The Bertz CT molecular complexity index is 514. The SMILES string of the molecule is C[C@@H](NCc1ccc(Br)c(Br)c1)c1cccnc1. The summed E-state index contributed by atoms with van der Waals surface area (Å²) in [5, 5.41) is 3.49. The van der Waals surface area contributed by atoms with Gasteiger partial charge in [0.1, 0.15) is 0 Å². The highest BCUT2D eigenvalue weighted by Crippen LogP contribution is 2.24. The van der Waals surface area contributed by atoms with Crippen molar-refractivity contribution in [2.24, 2.45) is 0 Å². The smallest absolute Gasteiger partial charge is 0.0320 e. The molecular weight excluding hydrogens is 356 g/mol. The molecule has 0 aliphatic rings. The largest absolute Gasteiger partial charge is 0.306 e. The molecule has 0 bridgehead atoms. The van der Waals surface area contributed by atoms with Gasteiger partial charge < -0.3 is 5.32 Å². The zero-order valence-electron chi connectivity index (χ0n) is 10.0. The first-order chi connectivity index (χ1) is 8.66. The number of hydrogen-bond donors (Lipinski definition) is 1. The Morgan fingerprint density at radius 3 is 2.72 bits per heavy atom. The molecule has 1 heterocycles. The van der Waals surface area contributed by atoms with E-state index in [-0.39, 0.29) is 0 Å². The monoisotopic (exact) mass is 368 g/mol. The Hall–Kier alpha value is -0.710. The van der Waals surface area contributed by atoms with Crippen LogP contribution >= 0.6 is 31.9 Å². The van der Waals surface area contributed by atoms with Gasteiger partial charge in [-0.05, 0) is 68.1 Å². The van der Waals surface area contributed by atoms with Crippen LogP contribution < -0.4 is 5.32 Å². The van der Waals surface area contributed by atoms with Crippen LogP contribution in [0, 0.1) is 0 Å². The molecule has 94 valence electrons. The molecule has 0 amide bonds. The van der Waals surface area contributed by atoms with E-state index in [0.29, 0.717) is 6.04 Å². The summed E-state index contributed by atoms with van der Waals surface area (Å²) < 4.78 is 2.15. The highest BCUT2D eigenvalue weighted by molar-refractivity contribution is 9.13. The molecular formula is C14H14Br2N2. The topological polar surface area (TPSA) is 24.9 Å². The van der Waals surface area contributed by atoms with E-state index in [0.717, 1.165) is 15.5 Å². The van der Waals surface area contributed by atoms with Crippen LogP contribution in [-0.4, -0.2) is 4.98 Å². The van der Waals surface area contributed by atoms with Crippen molar-refractivity contribution in [3.8, 4) is 0 Å². The third-order valence-corrected chi connectivity index (χ3v) is 4.66. The average Bonchev–Trinajstić information content (AvgIpc) is 2.41. The number of nitrogens with one attached hydrogen (secondary N) is 1. The minimum atomic E-state index is 0.293. The fourth-order valence-corrected chi connectivity index (χ4v) is 2.34. The van der Waals surface area contributed by atoms with E-state index in [1.165, 1.54) is 11.1 Å². The van der Waals surface area contributed by atoms with Crippen LogP contribution in [0.2, 0.25) is 0 Å². The van der Waals surface area contributed by atoms with Crippen LogP contribution in [0.1, 0.15) is 24.1 Å². The van der Waals surface area contributed by atoms with Crippen molar-refractivity contribution in [1.29, 1.82) is 0 Å². The maximum atomic E-state index is 4.13. The minimum Gasteiger partial charge on any atom is -0.306 e. The number of hydrogen-bond acceptors (Lipinski definition) is 2. The van der Waals surface area contributed by atoms with Crippen LogP contribution in [-0.2, 0) is 6.54 Å². The second-order valence-corrected chi connectivity index (χ2v) is 5.85. The van der Waals surface area contributed by atoms with E-state index in [4.69, 9.17) is 0 Å². The average molecular weight is 370 g/mol. The van der Waals surface area contributed by atoms with Crippen LogP contribution in [0.5, 0.6) is 0 Å². The van der Waals surface area contributed by atoms with Gasteiger partial charge in [-0.15, -0.1) is 0 Å². The fourth-order valence-electron chi connectivity index (χ4n) is 1.67. The summed E-state index contributed by atoms with van der Waals surface area (Å²) in [5.74, 6) is 0. The molecule has 4 heteroatoms. The number of rotatable bonds is 4. The van der Waals surface area contributed by atoms with Crippen LogP contribution in [0.15, 0.2) is 51.7 Å². The van der Waals surface area contributed by atoms with Gasteiger partial charge >= 0.3 is 0 Å². The molecule has 0 saturated carbocycles. The molecule has 2 rings (SSSR count). The molecule has 18 heavy (non-hydrogen) atoms. The van der Waals surface area contributed by atoms with Crippen molar-refractivity contribution in [2.45, 2.75) is 19.5 Å². The van der Waals surface area contributed by atoms with Gasteiger partial charge in [-0.25, -0.2) is 0 Å². The quantitative estimate of drug-likeness (QED) is 0.860. The molecule has 2 aromatic rings. The second kappa shape index (κ2) is 6.45. The summed E-state index contributed by atoms with van der Waals surface area (Å²) in [7, 11) is 0. The Morgan fingerprint density at radius 2 is 2.06 bits per heavy atom. The Kier molecular flexibility index (Phi) is 4.92. The lowest BCUT2D eigenvalue weighted by molar-refractivity contribution is 0.573. The van der Waals surface area contributed by atoms with Crippen LogP contribution in [0.25, 0.3) is 0 Å². The van der Waals surface area contributed by atoms with Gasteiger partial charge in [-0.3, -0.25) is 4.98 Å². The van der Waals surface area contributed by atoms with E-state index in [2.05, 4.69) is 73.3 Å². The summed E-state index contributed by atoms with van der Waals surface area (Å²) in [6, 6.07) is 10.6. The number of pyridine rings is 1. The van der Waals surface area contributed by atoms with Crippen LogP contribution in [0.3, 0.4) is 0 Å². The number of aromatic nitrogens is 1. The van der Waals surface area contributed by atoms with Gasteiger partial charge in [0.15, 0.2) is 0 Å². The first-order valence-electron chi connectivity index (χ1n) is 5.74. The van der Waals surface area contributed by atoms with Crippen molar-refractivity contribution >= 4 is 31.9 Å².